The van der Waals surface area contributed by atoms with Crippen molar-refractivity contribution in [1.82, 2.24) is 14.5 Å². The molecule has 2 heterocycles. The zero-order chi connectivity index (χ0) is 25.1. The SMILES string of the molecule is COC(=O)c1csc(NC(=O)[C@H](Cc2ccccc2)n2c(O)c(-c3cccc(F)c3F)[nH]c2=O)n1. The largest absolute Gasteiger partial charge is 0.493 e. The van der Waals surface area contributed by atoms with Gasteiger partial charge in [0.1, 0.15) is 11.7 Å². The molecule has 0 fully saturated rings. The predicted molar refractivity (Wildman–Crippen MR) is 123 cm³/mol. The lowest BCUT2D eigenvalue weighted by atomic mass is 10.0. The monoisotopic (exact) mass is 500 g/mol. The summed E-state index contributed by atoms with van der Waals surface area (Å²) in [5.41, 5.74) is -1.02. The van der Waals surface area contributed by atoms with Gasteiger partial charge in [-0.3, -0.25) is 4.79 Å². The smallest absolute Gasteiger partial charge is 0.357 e. The number of nitrogens with zero attached hydrogens (tertiary/aromatic N) is 2. The summed E-state index contributed by atoms with van der Waals surface area (Å²) in [6.45, 7) is 0. The van der Waals surface area contributed by atoms with Crippen molar-refractivity contribution in [1.29, 1.82) is 0 Å². The second-order valence-electron chi connectivity index (χ2n) is 7.32. The quantitative estimate of drug-likeness (QED) is 0.334. The number of rotatable bonds is 7. The lowest BCUT2D eigenvalue weighted by molar-refractivity contribution is -0.119. The Labute approximate surface area is 200 Å². The van der Waals surface area contributed by atoms with Crippen LogP contribution in [0.4, 0.5) is 13.9 Å². The molecule has 0 saturated carbocycles. The fourth-order valence-electron chi connectivity index (χ4n) is 3.47. The number of esters is 1. The number of thiazole rings is 1. The Kier molecular flexibility index (Phi) is 6.73. The van der Waals surface area contributed by atoms with Crippen LogP contribution < -0.4 is 11.0 Å². The van der Waals surface area contributed by atoms with E-state index < -0.39 is 41.1 Å². The van der Waals surface area contributed by atoms with E-state index in [1.165, 1.54) is 24.6 Å². The summed E-state index contributed by atoms with van der Waals surface area (Å²) in [7, 11) is 1.19. The van der Waals surface area contributed by atoms with Crippen LogP contribution in [0.1, 0.15) is 22.1 Å². The van der Waals surface area contributed by atoms with Crippen molar-refractivity contribution in [2.75, 3.05) is 12.4 Å². The number of carbonyl (C=O) groups is 2. The van der Waals surface area contributed by atoms with E-state index in [0.717, 1.165) is 22.0 Å². The molecule has 12 heteroatoms. The molecule has 0 aliphatic rings. The van der Waals surface area contributed by atoms with E-state index in [1.54, 1.807) is 30.3 Å². The minimum Gasteiger partial charge on any atom is -0.493 e. The molecule has 35 heavy (non-hydrogen) atoms. The fraction of sp³-hybridized carbons (Fsp3) is 0.130. The first-order valence-electron chi connectivity index (χ1n) is 10.2. The number of carbonyl (C=O) groups excluding carboxylic acids is 2. The number of aromatic amines is 1. The number of hydrogen-bond donors (Lipinski definition) is 3. The number of anilines is 1. The zero-order valence-electron chi connectivity index (χ0n) is 18.1. The summed E-state index contributed by atoms with van der Waals surface area (Å²) in [5.74, 6) is -4.60. The van der Waals surface area contributed by atoms with Gasteiger partial charge in [-0.1, -0.05) is 36.4 Å². The topological polar surface area (TPSA) is 126 Å². The molecular formula is C23H18F2N4O5S. The average molecular weight is 500 g/mol. The zero-order valence-corrected chi connectivity index (χ0v) is 18.9. The van der Waals surface area contributed by atoms with E-state index in [1.807, 2.05) is 0 Å². The van der Waals surface area contributed by atoms with Crippen molar-refractivity contribution < 1.29 is 28.2 Å². The predicted octanol–water partition coefficient (Wildman–Crippen LogP) is 3.49. The summed E-state index contributed by atoms with van der Waals surface area (Å²) in [4.78, 5) is 44.0. The van der Waals surface area contributed by atoms with E-state index >= 15 is 0 Å². The molecule has 0 radical (unpaired) electrons. The van der Waals surface area contributed by atoms with Crippen molar-refractivity contribution in [3.63, 3.8) is 0 Å². The van der Waals surface area contributed by atoms with Gasteiger partial charge in [0.05, 0.1) is 7.11 Å². The molecule has 0 saturated heterocycles. The van der Waals surface area contributed by atoms with Crippen LogP contribution in [0.15, 0.2) is 58.7 Å². The molecule has 0 unspecified atom stereocenters. The van der Waals surface area contributed by atoms with Crippen LogP contribution in [0.5, 0.6) is 5.88 Å². The molecule has 1 amide bonds. The maximum Gasteiger partial charge on any atom is 0.357 e. The summed E-state index contributed by atoms with van der Waals surface area (Å²) in [5, 5.41) is 14.8. The second-order valence-corrected chi connectivity index (χ2v) is 8.18. The third kappa shape index (κ3) is 4.82. The van der Waals surface area contributed by atoms with Crippen LogP contribution in [0.3, 0.4) is 0 Å². The van der Waals surface area contributed by atoms with Crippen LogP contribution >= 0.6 is 11.3 Å². The third-order valence-electron chi connectivity index (χ3n) is 5.14. The molecule has 3 N–H and O–H groups in total. The highest BCUT2D eigenvalue weighted by molar-refractivity contribution is 7.14. The maximum absolute atomic E-state index is 14.4. The number of hydrogen-bond acceptors (Lipinski definition) is 7. The molecule has 9 nitrogen and oxygen atoms in total. The van der Waals surface area contributed by atoms with Crippen molar-refractivity contribution in [2.45, 2.75) is 12.5 Å². The maximum atomic E-state index is 14.4. The summed E-state index contributed by atoms with van der Waals surface area (Å²) in [6.07, 6.45) is -0.0295. The van der Waals surface area contributed by atoms with Crippen molar-refractivity contribution in [2.24, 2.45) is 0 Å². The Bertz CT molecular complexity index is 1450. The molecule has 0 aliphatic carbocycles. The van der Waals surface area contributed by atoms with Crippen molar-refractivity contribution in [3.8, 4) is 17.1 Å². The van der Waals surface area contributed by atoms with Crippen molar-refractivity contribution in [3.05, 3.63) is 87.3 Å². The van der Waals surface area contributed by atoms with E-state index in [4.69, 9.17) is 0 Å². The number of nitrogens with one attached hydrogen (secondary N) is 2. The molecule has 2 aromatic carbocycles. The van der Waals surface area contributed by atoms with Gasteiger partial charge in [-0.05, 0) is 17.7 Å². The van der Waals surface area contributed by atoms with Gasteiger partial charge in [0.15, 0.2) is 22.5 Å². The van der Waals surface area contributed by atoms with E-state index in [2.05, 4.69) is 20.0 Å². The Morgan fingerprint density at radius 2 is 1.94 bits per heavy atom. The number of aromatic hydroxyl groups is 1. The molecule has 180 valence electrons. The van der Waals surface area contributed by atoms with E-state index in [9.17, 15) is 28.3 Å². The van der Waals surface area contributed by atoms with Crippen LogP contribution in [-0.2, 0) is 16.0 Å². The highest BCUT2D eigenvalue weighted by Gasteiger charge is 2.30. The number of H-pyrrole nitrogens is 1. The van der Waals surface area contributed by atoms with Crippen LogP contribution in [0, 0.1) is 11.6 Å². The molecule has 4 rings (SSSR count). The third-order valence-corrected chi connectivity index (χ3v) is 5.90. The van der Waals surface area contributed by atoms with Gasteiger partial charge >= 0.3 is 11.7 Å². The van der Waals surface area contributed by atoms with Crippen LogP contribution in [0.2, 0.25) is 0 Å². The first-order chi connectivity index (χ1) is 16.8. The Morgan fingerprint density at radius 1 is 1.20 bits per heavy atom. The molecule has 4 aromatic rings. The number of methoxy groups -OCH3 is 1. The van der Waals surface area contributed by atoms with Crippen molar-refractivity contribution >= 4 is 28.3 Å². The molecular weight excluding hydrogens is 482 g/mol. The number of halogens is 2. The minimum atomic E-state index is -1.31. The van der Waals surface area contributed by atoms with Gasteiger partial charge in [-0.2, -0.15) is 0 Å². The number of ether oxygens (including phenoxy) is 1. The molecule has 2 aromatic heterocycles. The van der Waals surface area contributed by atoms with Gasteiger partial charge in [0, 0.05) is 17.4 Å². The van der Waals surface area contributed by atoms with Gasteiger partial charge in [0.25, 0.3) is 0 Å². The second kappa shape index (κ2) is 9.89. The highest BCUT2D eigenvalue weighted by Crippen LogP contribution is 2.32. The fourth-order valence-corrected chi connectivity index (χ4v) is 4.15. The summed E-state index contributed by atoms with van der Waals surface area (Å²) < 4.78 is 33.5. The Balaban J connectivity index is 1.74. The Hall–Kier alpha value is -4.32. The average Bonchev–Trinajstić information content (AvgIpc) is 3.43. The van der Waals surface area contributed by atoms with Crippen LogP contribution in [0.25, 0.3) is 11.3 Å². The van der Waals surface area contributed by atoms with Gasteiger partial charge < -0.3 is 20.1 Å². The lowest BCUT2D eigenvalue weighted by Gasteiger charge is -2.18. The van der Waals surface area contributed by atoms with E-state index in [0.29, 0.717) is 5.56 Å². The van der Waals surface area contributed by atoms with Gasteiger partial charge in [0.2, 0.25) is 11.8 Å². The highest BCUT2D eigenvalue weighted by atomic mass is 32.1. The van der Waals surface area contributed by atoms with Crippen LogP contribution in [-0.4, -0.2) is 38.6 Å². The Morgan fingerprint density at radius 3 is 2.66 bits per heavy atom. The first-order valence-corrected chi connectivity index (χ1v) is 11.0. The molecule has 0 spiro atoms. The number of amides is 1. The molecule has 1 atom stereocenters. The number of aromatic nitrogens is 3. The lowest BCUT2D eigenvalue weighted by Crippen LogP contribution is -2.33. The van der Waals surface area contributed by atoms with Gasteiger partial charge in [-0.15, -0.1) is 11.3 Å². The number of imidazole rings is 1. The van der Waals surface area contributed by atoms with Gasteiger partial charge in [-0.25, -0.2) is 27.9 Å². The summed E-state index contributed by atoms with van der Waals surface area (Å²) >= 11 is 0.962. The normalized spacial score (nSPS) is 11.7. The first kappa shape index (κ1) is 23.8. The number of benzene rings is 2. The molecule has 0 bridgehead atoms. The van der Waals surface area contributed by atoms with E-state index in [-0.39, 0.29) is 28.5 Å². The standard InChI is InChI=1S/C23H18F2N4O5S/c1-34-21(32)15-11-35-22(26-15)28-19(30)16(10-12-6-3-2-4-7-12)29-20(31)18(27-23(29)33)13-8-5-9-14(24)17(13)25/h2-9,11,16,31H,10H2,1H3,(H,27,33)(H,26,28,30)/t16-/m0/s1. The summed E-state index contributed by atoms with van der Waals surface area (Å²) in [6, 6.07) is 10.7. The molecule has 0 aliphatic heterocycles. The minimum absolute atomic E-state index is 0.0158.